The van der Waals surface area contributed by atoms with E-state index in [-0.39, 0.29) is 12.3 Å². The second-order valence-electron chi connectivity index (χ2n) is 5.79. The van der Waals surface area contributed by atoms with Crippen molar-refractivity contribution in [1.82, 2.24) is 0 Å². The van der Waals surface area contributed by atoms with Gasteiger partial charge >= 0.3 is 5.97 Å². The number of benzene rings is 2. The maximum atomic E-state index is 12.0. The molecule has 28 heavy (non-hydrogen) atoms. The molecule has 0 amide bonds. The Kier molecular flexibility index (Phi) is 7.79. The van der Waals surface area contributed by atoms with Crippen molar-refractivity contribution >= 4 is 17.4 Å². The van der Waals surface area contributed by atoms with Gasteiger partial charge in [0.2, 0.25) is 0 Å². The van der Waals surface area contributed by atoms with Gasteiger partial charge < -0.3 is 14.4 Å². The van der Waals surface area contributed by atoms with Crippen LogP contribution in [0.2, 0.25) is 0 Å². The Morgan fingerprint density at radius 2 is 1.75 bits per heavy atom. The first-order valence-corrected chi connectivity index (χ1v) is 8.58. The summed E-state index contributed by atoms with van der Waals surface area (Å²) in [4.78, 5) is 22.1. The van der Waals surface area contributed by atoms with Crippen LogP contribution in [0, 0.1) is 18.8 Å². The molecule has 0 aliphatic heterocycles. The Balaban J connectivity index is 2.13. The van der Waals surface area contributed by atoms with Gasteiger partial charge in [-0.1, -0.05) is 58.7 Å². The summed E-state index contributed by atoms with van der Waals surface area (Å²) < 4.78 is 4.76. The average Bonchev–Trinajstić information content (AvgIpc) is 2.71. The average molecular weight is 378 g/mol. The van der Waals surface area contributed by atoms with Crippen molar-refractivity contribution in [3.63, 3.8) is 0 Å². The van der Waals surface area contributed by atoms with E-state index in [0.29, 0.717) is 16.8 Å². The third-order valence-corrected chi connectivity index (χ3v) is 3.78. The monoisotopic (exact) mass is 378 g/mol. The molecular formula is C22H22N2O4. The van der Waals surface area contributed by atoms with Crippen LogP contribution in [0.3, 0.4) is 0 Å². The molecule has 0 atom stereocenters. The van der Waals surface area contributed by atoms with Crippen molar-refractivity contribution in [2.45, 2.75) is 20.5 Å². The first-order valence-electron chi connectivity index (χ1n) is 8.58. The summed E-state index contributed by atoms with van der Waals surface area (Å²) in [7, 11) is 2.65. The molecule has 0 aliphatic rings. The second-order valence-corrected chi connectivity index (χ2v) is 5.79. The molecule has 144 valence electrons. The molecule has 2 aromatic carbocycles. The van der Waals surface area contributed by atoms with E-state index in [1.54, 1.807) is 19.1 Å². The molecule has 0 spiro atoms. The number of oxime groups is 2. The minimum Gasteiger partial charge on any atom is -0.464 e. The summed E-state index contributed by atoms with van der Waals surface area (Å²) >= 11 is 0. The number of carbonyl (C=O) groups excluding carboxylic acids is 1. The lowest BCUT2D eigenvalue weighted by atomic mass is 10.0. The fourth-order valence-corrected chi connectivity index (χ4v) is 2.35. The molecule has 0 N–H and O–H groups in total. The lowest BCUT2D eigenvalue weighted by molar-refractivity contribution is -0.132. The molecule has 0 aromatic heterocycles. The molecule has 0 saturated heterocycles. The fraction of sp³-hybridized carbons (Fsp3) is 0.227. The SMILES string of the molecule is CO/N=C(/C(=O)OC)c1ccccc1CO/N=C(\C)C#Cc1ccccc1C. The van der Waals surface area contributed by atoms with Crippen LogP contribution in [0.4, 0.5) is 0 Å². The quantitative estimate of drug-likeness (QED) is 0.334. The molecule has 2 aromatic rings. The van der Waals surface area contributed by atoms with Crippen molar-refractivity contribution < 1.29 is 19.2 Å². The molecule has 0 fully saturated rings. The third-order valence-electron chi connectivity index (χ3n) is 3.78. The summed E-state index contributed by atoms with van der Waals surface area (Å²) in [6.07, 6.45) is 0. The van der Waals surface area contributed by atoms with Crippen LogP contribution < -0.4 is 0 Å². The topological polar surface area (TPSA) is 69.5 Å². The number of hydrogen-bond acceptors (Lipinski definition) is 6. The van der Waals surface area contributed by atoms with Gasteiger partial charge in [-0.3, -0.25) is 0 Å². The molecule has 0 bridgehead atoms. The predicted molar refractivity (Wildman–Crippen MR) is 108 cm³/mol. The molecule has 6 nitrogen and oxygen atoms in total. The van der Waals surface area contributed by atoms with Crippen molar-refractivity contribution in [3.8, 4) is 11.8 Å². The predicted octanol–water partition coefficient (Wildman–Crippen LogP) is 3.46. The summed E-state index contributed by atoms with van der Waals surface area (Å²) in [5.74, 6) is 5.44. The second kappa shape index (κ2) is 10.5. The van der Waals surface area contributed by atoms with Gasteiger partial charge in [-0.2, -0.15) is 0 Å². The molecule has 0 unspecified atom stereocenters. The van der Waals surface area contributed by atoms with E-state index < -0.39 is 5.97 Å². The first-order chi connectivity index (χ1) is 13.6. The summed E-state index contributed by atoms with van der Waals surface area (Å²) in [6.45, 7) is 3.91. The zero-order valence-electron chi connectivity index (χ0n) is 16.4. The highest BCUT2D eigenvalue weighted by molar-refractivity contribution is 6.43. The summed E-state index contributed by atoms with van der Waals surface area (Å²) in [5.41, 5.74) is 3.91. The van der Waals surface area contributed by atoms with Crippen LogP contribution in [0.1, 0.15) is 29.2 Å². The Morgan fingerprint density at radius 1 is 1.04 bits per heavy atom. The lowest BCUT2D eigenvalue weighted by Crippen LogP contribution is -2.19. The van der Waals surface area contributed by atoms with Gasteiger partial charge in [-0.25, -0.2) is 4.79 Å². The smallest absolute Gasteiger partial charge is 0.360 e. The van der Waals surface area contributed by atoms with Crippen molar-refractivity contribution in [1.29, 1.82) is 0 Å². The number of aryl methyl sites for hydroxylation is 1. The highest BCUT2D eigenvalue weighted by Crippen LogP contribution is 2.13. The maximum absolute atomic E-state index is 12.0. The van der Waals surface area contributed by atoms with Crippen LogP contribution in [0.15, 0.2) is 58.8 Å². The third kappa shape index (κ3) is 5.71. The van der Waals surface area contributed by atoms with E-state index >= 15 is 0 Å². The van der Waals surface area contributed by atoms with Crippen LogP contribution in [0.5, 0.6) is 0 Å². The normalized spacial score (nSPS) is 11.3. The molecule has 0 saturated carbocycles. The highest BCUT2D eigenvalue weighted by Gasteiger charge is 2.19. The van der Waals surface area contributed by atoms with Crippen molar-refractivity contribution in [3.05, 3.63) is 70.8 Å². The largest absolute Gasteiger partial charge is 0.464 e. The number of ether oxygens (including phenoxy) is 1. The van der Waals surface area contributed by atoms with Gasteiger partial charge in [0.15, 0.2) is 5.71 Å². The van der Waals surface area contributed by atoms with Crippen molar-refractivity contribution in [2.24, 2.45) is 10.3 Å². The maximum Gasteiger partial charge on any atom is 0.360 e. The first kappa shape index (κ1) is 20.7. The highest BCUT2D eigenvalue weighted by atomic mass is 16.6. The zero-order chi connectivity index (χ0) is 20.4. The van der Waals surface area contributed by atoms with E-state index in [0.717, 1.165) is 11.1 Å². The minimum atomic E-state index is -0.599. The molecule has 6 heteroatoms. The van der Waals surface area contributed by atoms with Gasteiger partial charge in [0, 0.05) is 16.7 Å². The van der Waals surface area contributed by atoms with E-state index in [4.69, 9.17) is 14.4 Å². The Morgan fingerprint density at radius 3 is 2.46 bits per heavy atom. The molecule has 0 aliphatic carbocycles. The minimum absolute atomic E-state index is 0.0595. The zero-order valence-corrected chi connectivity index (χ0v) is 16.4. The number of nitrogens with zero attached hydrogens (tertiary/aromatic N) is 2. The standard InChI is InChI=1S/C22H22N2O4/c1-16-9-5-6-10-18(16)14-13-17(2)23-28-15-19-11-7-8-12-20(19)21(24-27-4)22(25)26-3/h5-12H,15H2,1-4H3/b23-17+,24-21+. The Hall–Kier alpha value is -3.59. The fourth-order valence-electron chi connectivity index (χ4n) is 2.35. The van der Waals surface area contributed by atoms with Crippen LogP contribution in [-0.4, -0.2) is 31.6 Å². The Labute approximate surface area is 164 Å². The van der Waals surface area contributed by atoms with Crippen LogP contribution >= 0.6 is 0 Å². The van der Waals surface area contributed by atoms with E-state index in [2.05, 4.69) is 22.2 Å². The number of esters is 1. The summed E-state index contributed by atoms with van der Waals surface area (Å²) in [6, 6.07) is 15.0. The Bertz CT molecular complexity index is 952. The molecular weight excluding hydrogens is 356 g/mol. The van der Waals surface area contributed by atoms with E-state index in [1.807, 2.05) is 43.3 Å². The summed E-state index contributed by atoms with van der Waals surface area (Å²) in [5, 5.41) is 7.80. The lowest BCUT2D eigenvalue weighted by Gasteiger charge is -2.09. The van der Waals surface area contributed by atoms with Crippen LogP contribution in [0.25, 0.3) is 0 Å². The van der Waals surface area contributed by atoms with Gasteiger partial charge in [-0.15, -0.1) is 0 Å². The van der Waals surface area contributed by atoms with Gasteiger partial charge in [0.25, 0.3) is 0 Å². The van der Waals surface area contributed by atoms with Gasteiger partial charge in [-0.05, 0) is 31.4 Å². The van der Waals surface area contributed by atoms with Crippen LogP contribution in [-0.2, 0) is 25.8 Å². The van der Waals surface area contributed by atoms with Crippen molar-refractivity contribution in [2.75, 3.05) is 14.2 Å². The van der Waals surface area contributed by atoms with E-state index in [9.17, 15) is 4.79 Å². The van der Waals surface area contributed by atoms with E-state index in [1.165, 1.54) is 14.2 Å². The number of carbonyl (C=O) groups is 1. The van der Waals surface area contributed by atoms with Gasteiger partial charge in [0.1, 0.15) is 19.4 Å². The number of hydrogen-bond donors (Lipinski definition) is 0. The van der Waals surface area contributed by atoms with Gasteiger partial charge in [0.05, 0.1) is 7.11 Å². The number of rotatable bonds is 6. The molecule has 0 heterocycles. The molecule has 2 rings (SSSR count). The molecule has 0 radical (unpaired) electrons. The number of methoxy groups -OCH3 is 1.